The van der Waals surface area contributed by atoms with Gasteiger partial charge in [-0.05, 0) is 55.3 Å². The summed E-state index contributed by atoms with van der Waals surface area (Å²) in [6, 6.07) is 6.94. The molecule has 1 aliphatic carbocycles. The number of hydrogen-bond acceptors (Lipinski definition) is 4. The predicted octanol–water partition coefficient (Wildman–Crippen LogP) is 3.74. The standard InChI is InChI=1S/C14H18N2S2/c1-9-5-6-13(18-9)14(16-15)11-3-2-4-12-10(11)7-8-17-12/h5-8,11,14,16H,2-4,15H2,1H3. The molecule has 2 atom stereocenters. The molecule has 2 aromatic rings. The minimum atomic E-state index is 0.261. The van der Waals surface area contributed by atoms with Crippen LogP contribution in [0.15, 0.2) is 23.6 Å². The molecule has 18 heavy (non-hydrogen) atoms. The molecule has 0 saturated carbocycles. The smallest absolute Gasteiger partial charge is 0.0622 e. The Bertz CT molecular complexity index is 529. The van der Waals surface area contributed by atoms with E-state index >= 15 is 0 Å². The Labute approximate surface area is 116 Å². The maximum Gasteiger partial charge on any atom is 0.0622 e. The number of hydrazine groups is 1. The fourth-order valence-electron chi connectivity index (χ4n) is 2.89. The largest absolute Gasteiger partial charge is 0.271 e. The second-order valence-corrected chi connectivity index (χ2v) is 7.21. The Morgan fingerprint density at radius 2 is 2.28 bits per heavy atom. The van der Waals surface area contributed by atoms with Gasteiger partial charge in [0.15, 0.2) is 0 Å². The highest BCUT2D eigenvalue weighted by Crippen LogP contribution is 2.43. The van der Waals surface area contributed by atoms with Crippen LogP contribution in [-0.2, 0) is 6.42 Å². The lowest BCUT2D eigenvalue weighted by Crippen LogP contribution is -2.33. The maximum atomic E-state index is 5.83. The minimum absolute atomic E-state index is 0.261. The molecule has 1 aliphatic rings. The normalized spacial score (nSPS) is 20.7. The molecule has 0 saturated heterocycles. The lowest BCUT2D eigenvalue weighted by Gasteiger charge is -2.29. The fourth-order valence-corrected chi connectivity index (χ4v) is 4.89. The van der Waals surface area contributed by atoms with Gasteiger partial charge < -0.3 is 0 Å². The molecule has 2 nitrogen and oxygen atoms in total. The van der Waals surface area contributed by atoms with Crippen LogP contribution in [0, 0.1) is 6.92 Å². The van der Waals surface area contributed by atoms with Crippen LogP contribution < -0.4 is 11.3 Å². The molecule has 3 rings (SSSR count). The van der Waals surface area contributed by atoms with Crippen molar-refractivity contribution in [3.63, 3.8) is 0 Å². The Morgan fingerprint density at radius 3 is 3.00 bits per heavy atom. The van der Waals surface area contributed by atoms with Crippen molar-refractivity contribution in [2.24, 2.45) is 5.84 Å². The Kier molecular flexibility index (Phi) is 3.52. The predicted molar refractivity (Wildman–Crippen MR) is 79.1 cm³/mol. The molecule has 0 aliphatic heterocycles. The van der Waals surface area contributed by atoms with Crippen LogP contribution in [0.25, 0.3) is 0 Å². The van der Waals surface area contributed by atoms with Gasteiger partial charge in [0.1, 0.15) is 0 Å². The van der Waals surface area contributed by atoms with E-state index in [0.29, 0.717) is 5.92 Å². The van der Waals surface area contributed by atoms with Gasteiger partial charge in [0, 0.05) is 20.5 Å². The summed E-state index contributed by atoms with van der Waals surface area (Å²) in [5, 5.41) is 2.22. The van der Waals surface area contributed by atoms with Gasteiger partial charge in [-0.3, -0.25) is 11.3 Å². The summed E-state index contributed by atoms with van der Waals surface area (Å²) in [7, 11) is 0. The monoisotopic (exact) mass is 278 g/mol. The number of thiophene rings is 2. The van der Waals surface area contributed by atoms with Crippen LogP contribution in [0.5, 0.6) is 0 Å². The highest BCUT2D eigenvalue weighted by atomic mass is 32.1. The Hall–Kier alpha value is -0.680. The van der Waals surface area contributed by atoms with Crippen LogP contribution in [0.2, 0.25) is 0 Å². The molecule has 3 N–H and O–H groups in total. The zero-order valence-electron chi connectivity index (χ0n) is 10.5. The second-order valence-electron chi connectivity index (χ2n) is 4.89. The molecule has 0 spiro atoms. The van der Waals surface area contributed by atoms with E-state index < -0.39 is 0 Å². The summed E-state index contributed by atoms with van der Waals surface area (Å²) >= 11 is 3.74. The first-order valence-corrected chi connectivity index (χ1v) is 8.08. The number of rotatable bonds is 3. The van der Waals surface area contributed by atoms with Gasteiger partial charge in [0.2, 0.25) is 0 Å². The van der Waals surface area contributed by atoms with Gasteiger partial charge in [-0.15, -0.1) is 22.7 Å². The summed E-state index contributed by atoms with van der Waals surface area (Å²) in [5.74, 6) is 6.36. The fraction of sp³-hybridized carbons (Fsp3) is 0.429. The van der Waals surface area contributed by atoms with E-state index in [4.69, 9.17) is 5.84 Å². The van der Waals surface area contributed by atoms with Crippen LogP contribution in [0.4, 0.5) is 0 Å². The minimum Gasteiger partial charge on any atom is -0.271 e. The Morgan fingerprint density at radius 1 is 1.39 bits per heavy atom. The average Bonchev–Trinajstić information content (AvgIpc) is 2.99. The maximum absolute atomic E-state index is 5.83. The number of aryl methyl sites for hydroxylation is 2. The second kappa shape index (κ2) is 5.13. The van der Waals surface area contributed by atoms with E-state index in [-0.39, 0.29) is 6.04 Å². The highest BCUT2D eigenvalue weighted by Gasteiger charge is 2.29. The molecule has 2 heterocycles. The van der Waals surface area contributed by atoms with Gasteiger partial charge in [0.05, 0.1) is 6.04 Å². The number of nitrogens with two attached hydrogens (primary N) is 1. The first-order chi connectivity index (χ1) is 8.79. The van der Waals surface area contributed by atoms with Gasteiger partial charge in [-0.1, -0.05) is 0 Å². The molecule has 4 heteroatoms. The highest BCUT2D eigenvalue weighted by molar-refractivity contribution is 7.12. The van der Waals surface area contributed by atoms with E-state index in [1.165, 1.54) is 34.6 Å². The lowest BCUT2D eigenvalue weighted by atomic mass is 9.82. The Balaban J connectivity index is 1.94. The van der Waals surface area contributed by atoms with Crippen molar-refractivity contribution in [2.75, 3.05) is 0 Å². The van der Waals surface area contributed by atoms with E-state index in [1.807, 2.05) is 22.7 Å². The van der Waals surface area contributed by atoms with Crippen LogP contribution in [0.1, 0.15) is 45.0 Å². The molecule has 96 valence electrons. The first-order valence-electron chi connectivity index (χ1n) is 6.38. The topological polar surface area (TPSA) is 38.0 Å². The summed E-state index contributed by atoms with van der Waals surface area (Å²) in [6.07, 6.45) is 3.75. The molecule has 0 radical (unpaired) electrons. The molecule has 2 aromatic heterocycles. The molecule has 0 aromatic carbocycles. The van der Waals surface area contributed by atoms with Crippen LogP contribution in [-0.4, -0.2) is 0 Å². The number of fused-ring (bicyclic) bond motifs is 1. The van der Waals surface area contributed by atoms with E-state index in [0.717, 1.165) is 0 Å². The molecular weight excluding hydrogens is 260 g/mol. The molecule has 0 bridgehead atoms. The van der Waals surface area contributed by atoms with Gasteiger partial charge >= 0.3 is 0 Å². The third-order valence-electron chi connectivity index (χ3n) is 3.75. The van der Waals surface area contributed by atoms with Gasteiger partial charge in [-0.2, -0.15) is 0 Å². The number of nitrogens with one attached hydrogen (secondary N) is 1. The lowest BCUT2D eigenvalue weighted by molar-refractivity contribution is 0.416. The SMILES string of the molecule is Cc1ccc(C(NN)C2CCCc3sccc32)s1. The molecular formula is C14H18N2S2. The zero-order chi connectivity index (χ0) is 12.5. The van der Waals surface area contributed by atoms with Gasteiger partial charge in [-0.25, -0.2) is 0 Å². The summed E-state index contributed by atoms with van der Waals surface area (Å²) in [4.78, 5) is 4.27. The average molecular weight is 278 g/mol. The van der Waals surface area contributed by atoms with E-state index in [1.54, 1.807) is 4.88 Å². The van der Waals surface area contributed by atoms with Crippen LogP contribution >= 0.6 is 22.7 Å². The van der Waals surface area contributed by atoms with Gasteiger partial charge in [0.25, 0.3) is 0 Å². The quantitative estimate of drug-likeness (QED) is 0.663. The van der Waals surface area contributed by atoms with E-state index in [2.05, 4.69) is 35.9 Å². The van der Waals surface area contributed by atoms with Crippen molar-refractivity contribution in [3.05, 3.63) is 43.8 Å². The van der Waals surface area contributed by atoms with Crippen molar-refractivity contribution >= 4 is 22.7 Å². The third-order valence-corrected chi connectivity index (χ3v) is 5.83. The third kappa shape index (κ3) is 2.14. The van der Waals surface area contributed by atoms with Crippen molar-refractivity contribution in [1.29, 1.82) is 0 Å². The zero-order valence-corrected chi connectivity index (χ0v) is 12.1. The summed E-state index contributed by atoms with van der Waals surface area (Å²) < 4.78 is 0. The van der Waals surface area contributed by atoms with Crippen molar-refractivity contribution < 1.29 is 0 Å². The summed E-state index contributed by atoms with van der Waals surface area (Å²) in [5.41, 5.74) is 4.56. The molecule has 0 fully saturated rings. The number of hydrogen-bond donors (Lipinski definition) is 2. The molecule has 0 amide bonds. The summed E-state index contributed by atoms with van der Waals surface area (Å²) in [6.45, 7) is 2.15. The van der Waals surface area contributed by atoms with E-state index in [9.17, 15) is 0 Å². The molecule has 2 unspecified atom stereocenters. The first kappa shape index (κ1) is 12.4. The van der Waals surface area contributed by atoms with Crippen molar-refractivity contribution in [2.45, 2.75) is 38.1 Å². The van der Waals surface area contributed by atoms with Crippen LogP contribution in [0.3, 0.4) is 0 Å². The van der Waals surface area contributed by atoms with Crippen molar-refractivity contribution in [1.82, 2.24) is 5.43 Å². The van der Waals surface area contributed by atoms with Crippen molar-refractivity contribution in [3.8, 4) is 0 Å².